The Balaban J connectivity index is 1.53. The molecule has 4 nitrogen and oxygen atoms in total. The molecule has 1 N–H and O–H groups in total. The lowest BCUT2D eigenvalue weighted by molar-refractivity contribution is -0.159. The van der Waals surface area contributed by atoms with E-state index in [1.165, 1.54) is 6.42 Å². The Bertz CT molecular complexity index is 699. The van der Waals surface area contributed by atoms with Crippen molar-refractivity contribution in [2.24, 2.45) is 46.3 Å². The molecule has 8 atom stereocenters. The van der Waals surface area contributed by atoms with Crippen molar-refractivity contribution >= 4 is 17.5 Å². The van der Waals surface area contributed by atoms with Gasteiger partial charge in [0.25, 0.3) is 0 Å². The van der Waals surface area contributed by atoms with Gasteiger partial charge in [0.2, 0.25) is 0 Å². The molecule has 29 heavy (non-hydrogen) atoms. The van der Waals surface area contributed by atoms with Gasteiger partial charge in [-0.2, -0.15) is 0 Å². The van der Waals surface area contributed by atoms with Gasteiger partial charge in [-0.05, 0) is 85.9 Å². The Morgan fingerprint density at radius 3 is 2.59 bits per heavy atom. The minimum atomic E-state index is -0.722. The van der Waals surface area contributed by atoms with Crippen LogP contribution in [-0.2, 0) is 14.4 Å². The van der Waals surface area contributed by atoms with E-state index >= 15 is 0 Å². The molecule has 0 unspecified atom stereocenters. The number of carbonyl (C=O) groups excluding carboxylic acids is 2. The molecule has 4 saturated carbocycles. The summed E-state index contributed by atoms with van der Waals surface area (Å²) in [6, 6.07) is 0. The smallest absolute Gasteiger partial charge is 0.303 e. The number of hydrogen-bond donors (Lipinski definition) is 1. The highest BCUT2D eigenvalue weighted by molar-refractivity contribution is 5.87. The highest BCUT2D eigenvalue weighted by Crippen LogP contribution is 2.67. The fraction of sp³-hybridized carbons (Fsp3) is 0.880. The molecule has 4 aliphatic carbocycles. The molecule has 0 aromatic rings. The zero-order valence-electron chi connectivity index (χ0n) is 18.4. The van der Waals surface area contributed by atoms with Crippen molar-refractivity contribution in [1.29, 1.82) is 0 Å². The molecule has 4 rings (SSSR count). The second-order valence-corrected chi connectivity index (χ2v) is 11.3. The first-order valence-corrected chi connectivity index (χ1v) is 11.9. The van der Waals surface area contributed by atoms with Crippen LogP contribution in [0.25, 0.3) is 0 Å². The predicted octanol–water partition coefficient (Wildman–Crippen LogP) is 5.28. The lowest BCUT2D eigenvalue weighted by Gasteiger charge is -2.59. The Labute approximate surface area is 175 Å². The van der Waals surface area contributed by atoms with E-state index in [-0.39, 0.29) is 17.3 Å². The third kappa shape index (κ3) is 3.29. The van der Waals surface area contributed by atoms with E-state index in [0.717, 1.165) is 38.5 Å². The van der Waals surface area contributed by atoms with Crippen LogP contribution in [0.2, 0.25) is 0 Å². The number of carbonyl (C=O) groups is 3. The second-order valence-electron chi connectivity index (χ2n) is 11.3. The van der Waals surface area contributed by atoms with Crippen molar-refractivity contribution in [3.8, 4) is 0 Å². The monoisotopic (exact) mass is 402 g/mol. The van der Waals surface area contributed by atoms with E-state index in [4.69, 9.17) is 5.11 Å². The summed E-state index contributed by atoms with van der Waals surface area (Å²) in [5.74, 6) is 3.02. The molecule has 0 amide bonds. The largest absolute Gasteiger partial charge is 0.481 e. The number of rotatable bonds is 5. The van der Waals surface area contributed by atoms with E-state index in [1.807, 2.05) is 0 Å². The van der Waals surface area contributed by atoms with Crippen molar-refractivity contribution in [1.82, 2.24) is 0 Å². The topological polar surface area (TPSA) is 71.4 Å². The lowest BCUT2D eigenvalue weighted by Crippen LogP contribution is -2.57. The summed E-state index contributed by atoms with van der Waals surface area (Å²) in [6.07, 6.45) is 9.57. The number of hydrogen-bond acceptors (Lipinski definition) is 3. The van der Waals surface area contributed by atoms with Crippen molar-refractivity contribution < 1.29 is 19.5 Å². The minimum absolute atomic E-state index is 0.166. The van der Waals surface area contributed by atoms with Gasteiger partial charge in [0.1, 0.15) is 11.6 Å². The molecule has 0 bridgehead atoms. The highest BCUT2D eigenvalue weighted by Gasteiger charge is 2.63. The third-order valence-electron chi connectivity index (χ3n) is 10.2. The summed E-state index contributed by atoms with van der Waals surface area (Å²) < 4.78 is 0. The lowest BCUT2D eigenvalue weighted by atomic mass is 9.44. The van der Waals surface area contributed by atoms with Gasteiger partial charge in [0.15, 0.2) is 0 Å². The normalized spacial score (nSPS) is 45.3. The molecule has 0 aromatic carbocycles. The van der Waals surface area contributed by atoms with Gasteiger partial charge >= 0.3 is 5.97 Å². The van der Waals surface area contributed by atoms with Gasteiger partial charge in [-0.3, -0.25) is 14.4 Å². The Kier molecular flexibility index (Phi) is 5.44. The summed E-state index contributed by atoms with van der Waals surface area (Å²) in [7, 11) is 0. The number of Topliss-reactive ketones (excluding diaryl/α,β-unsaturated/α-hetero) is 2. The molecule has 0 aromatic heterocycles. The molecule has 0 aliphatic heterocycles. The van der Waals surface area contributed by atoms with Crippen LogP contribution in [0.5, 0.6) is 0 Å². The zero-order chi connectivity index (χ0) is 21.0. The van der Waals surface area contributed by atoms with Gasteiger partial charge in [-0.25, -0.2) is 0 Å². The van der Waals surface area contributed by atoms with E-state index < -0.39 is 5.97 Å². The molecule has 0 saturated heterocycles. The van der Waals surface area contributed by atoms with Crippen LogP contribution in [-0.4, -0.2) is 22.6 Å². The predicted molar refractivity (Wildman–Crippen MR) is 111 cm³/mol. The maximum Gasteiger partial charge on any atom is 0.303 e. The van der Waals surface area contributed by atoms with Crippen molar-refractivity contribution in [3.05, 3.63) is 0 Å². The SMILES string of the molecule is C[C@H](CCCC(=O)O)[C@H]1CC[C@H]2[C@@H]3CC[C@@H]4CC(=O)CC[C@]4(C)[C@H]3CC(=O)[C@]12C. The molecule has 4 heteroatoms. The summed E-state index contributed by atoms with van der Waals surface area (Å²) in [4.78, 5) is 36.6. The van der Waals surface area contributed by atoms with Gasteiger partial charge in [-0.15, -0.1) is 0 Å². The highest BCUT2D eigenvalue weighted by atomic mass is 16.4. The zero-order valence-corrected chi connectivity index (χ0v) is 18.4. The van der Waals surface area contributed by atoms with Gasteiger partial charge in [0, 0.05) is 31.1 Å². The number of carboxylic acid groups (broad SMARTS) is 1. The van der Waals surface area contributed by atoms with Gasteiger partial charge in [-0.1, -0.05) is 20.8 Å². The molecule has 4 aliphatic rings. The minimum Gasteiger partial charge on any atom is -0.481 e. The summed E-state index contributed by atoms with van der Waals surface area (Å²) in [6.45, 7) is 6.88. The van der Waals surface area contributed by atoms with Crippen molar-refractivity contribution in [3.63, 3.8) is 0 Å². The summed E-state index contributed by atoms with van der Waals surface area (Å²) in [5.41, 5.74) is -0.0590. The van der Waals surface area contributed by atoms with E-state index in [0.29, 0.717) is 66.3 Å². The van der Waals surface area contributed by atoms with Crippen molar-refractivity contribution in [2.45, 2.75) is 91.4 Å². The molecule has 162 valence electrons. The maximum absolute atomic E-state index is 13.7. The fourth-order valence-electron chi connectivity index (χ4n) is 8.47. The third-order valence-corrected chi connectivity index (χ3v) is 10.2. The van der Waals surface area contributed by atoms with Crippen LogP contribution < -0.4 is 0 Å². The van der Waals surface area contributed by atoms with Crippen molar-refractivity contribution in [2.75, 3.05) is 0 Å². The molecule has 0 spiro atoms. The fourth-order valence-corrected chi connectivity index (χ4v) is 8.47. The molecular weight excluding hydrogens is 364 g/mol. The van der Waals surface area contributed by atoms with E-state index in [9.17, 15) is 14.4 Å². The van der Waals surface area contributed by atoms with Crippen LogP contribution in [0, 0.1) is 46.3 Å². The Morgan fingerprint density at radius 2 is 1.86 bits per heavy atom. The van der Waals surface area contributed by atoms with Crippen LogP contribution in [0.4, 0.5) is 0 Å². The first-order chi connectivity index (χ1) is 13.7. The molecule has 0 radical (unpaired) electrons. The van der Waals surface area contributed by atoms with Crippen LogP contribution in [0.1, 0.15) is 91.4 Å². The first-order valence-electron chi connectivity index (χ1n) is 11.9. The van der Waals surface area contributed by atoms with Gasteiger partial charge < -0.3 is 5.11 Å². The number of aliphatic carboxylic acids is 1. The summed E-state index contributed by atoms with van der Waals surface area (Å²) >= 11 is 0. The second kappa shape index (κ2) is 7.50. The number of ketones is 2. The molecular formula is C25H38O4. The van der Waals surface area contributed by atoms with Crippen LogP contribution >= 0.6 is 0 Å². The summed E-state index contributed by atoms with van der Waals surface area (Å²) in [5, 5.41) is 8.96. The molecule has 4 fully saturated rings. The first kappa shape index (κ1) is 21.1. The van der Waals surface area contributed by atoms with E-state index in [2.05, 4.69) is 20.8 Å². The average Bonchev–Trinajstić information content (AvgIpc) is 3.02. The Hall–Kier alpha value is -1.19. The Morgan fingerprint density at radius 1 is 1.10 bits per heavy atom. The maximum atomic E-state index is 13.7. The van der Waals surface area contributed by atoms with Crippen LogP contribution in [0.3, 0.4) is 0 Å². The standard InChI is InChI=1S/C25H38O4/c1-15(5-4-6-23(28)29)19-9-10-20-18-8-7-16-13-17(26)11-12-24(16,2)21(18)14-22(27)25(19,20)3/h15-16,18-21H,4-14H2,1-3H3,(H,28,29)/t15-,16-,18+,19-,20+,21+,24+,25-/m1/s1. The van der Waals surface area contributed by atoms with Crippen LogP contribution in [0.15, 0.2) is 0 Å². The molecule has 0 heterocycles. The number of carboxylic acids is 1. The average molecular weight is 403 g/mol. The number of fused-ring (bicyclic) bond motifs is 5. The van der Waals surface area contributed by atoms with E-state index in [1.54, 1.807) is 0 Å². The quantitative estimate of drug-likeness (QED) is 0.679. The van der Waals surface area contributed by atoms with Gasteiger partial charge in [0.05, 0.1) is 0 Å².